The zero-order valence-corrected chi connectivity index (χ0v) is 13.5. The molecule has 0 heterocycles. The third-order valence-electron chi connectivity index (χ3n) is 3.31. The number of carbonyl (C=O) groups excluding carboxylic acids is 2. The number of rotatable bonds is 5. The number of benzene rings is 2. The second kappa shape index (κ2) is 8.10. The number of hydrogen-bond donors (Lipinski definition) is 2. The van der Waals surface area contributed by atoms with Crippen molar-refractivity contribution >= 4 is 11.8 Å². The molecular formula is C18H19FN2O3. The van der Waals surface area contributed by atoms with Crippen molar-refractivity contribution < 1.29 is 18.7 Å². The lowest BCUT2D eigenvalue weighted by Gasteiger charge is -2.15. The predicted molar refractivity (Wildman–Crippen MR) is 87.7 cm³/mol. The lowest BCUT2D eigenvalue weighted by atomic mass is 10.1. The quantitative estimate of drug-likeness (QED) is 0.827. The van der Waals surface area contributed by atoms with E-state index in [-0.39, 0.29) is 18.1 Å². The summed E-state index contributed by atoms with van der Waals surface area (Å²) in [6, 6.07) is 12.9. The van der Waals surface area contributed by atoms with Crippen molar-refractivity contribution in [2.75, 3.05) is 0 Å². The fraction of sp³-hybridized carbons (Fsp3) is 0.222. The average Bonchev–Trinajstić information content (AvgIpc) is 2.57. The fourth-order valence-corrected chi connectivity index (χ4v) is 1.94. The van der Waals surface area contributed by atoms with Crippen molar-refractivity contribution in [2.24, 2.45) is 0 Å². The van der Waals surface area contributed by atoms with E-state index in [9.17, 15) is 14.0 Å². The Bertz CT molecular complexity index is 699. The smallest absolute Gasteiger partial charge is 0.279 e. The first-order valence-electron chi connectivity index (χ1n) is 7.50. The summed E-state index contributed by atoms with van der Waals surface area (Å²) in [6.45, 7) is 3.50. The highest BCUT2D eigenvalue weighted by Crippen LogP contribution is 2.12. The number of carbonyl (C=O) groups is 2. The molecule has 2 aromatic rings. The summed E-state index contributed by atoms with van der Waals surface area (Å²) < 4.78 is 18.2. The van der Waals surface area contributed by atoms with Crippen LogP contribution < -0.4 is 15.6 Å². The first kappa shape index (κ1) is 17.5. The molecule has 2 rings (SSSR count). The SMILES string of the molecule is Cc1ccc(CC(=O)NNC(=O)[C@@H](C)Oc2ccc(F)cc2)cc1. The maximum atomic E-state index is 12.8. The molecule has 126 valence electrons. The molecule has 24 heavy (non-hydrogen) atoms. The van der Waals surface area contributed by atoms with E-state index in [1.54, 1.807) is 0 Å². The molecule has 2 N–H and O–H groups in total. The normalized spacial score (nSPS) is 11.5. The Kier molecular flexibility index (Phi) is 5.89. The minimum Gasteiger partial charge on any atom is -0.481 e. The minimum absolute atomic E-state index is 0.160. The van der Waals surface area contributed by atoms with Gasteiger partial charge in [0.1, 0.15) is 11.6 Å². The van der Waals surface area contributed by atoms with Crippen LogP contribution in [-0.4, -0.2) is 17.9 Å². The zero-order valence-electron chi connectivity index (χ0n) is 13.5. The molecule has 0 aromatic heterocycles. The third kappa shape index (κ3) is 5.39. The zero-order chi connectivity index (χ0) is 17.5. The van der Waals surface area contributed by atoms with Gasteiger partial charge in [0.25, 0.3) is 5.91 Å². The van der Waals surface area contributed by atoms with Gasteiger partial charge in [-0.1, -0.05) is 29.8 Å². The molecular weight excluding hydrogens is 311 g/mol. The molecule has 0 saturated heterocycles. The Morgan fingerprint density at radius 2 is 1.67 bits per heavy atom. The van der Waals surface area contributed by atoms with Gasteiger partial charge in [0, 0.05) is 0 Å². The summed E-state index contributed by atoms with van der Waals surface area (Å²) in [5.74, 6) is -0.856. The van der Waals surface area contributed by atoms with Crippen molar-refractivity contribution in [3.8, 4) is 5.75 Å². The number of nitrogens with one attached hydrogen (secondary N) is 2. The first-order valence-corrected chi connectivity index (χ1v) is 7.50. The molecule has 0 aliphatic rings. The summed E-state index contributed by atoms with van der Waals surface area (Å²) in [4.78, 5) is 23.7. The van der Waals surface area contributed by atoms with Gasteiger partial charge in [0.2, 0.25) is 5.91 Å². The van der Waals surface area contributed by atoms with Gasteiger partial charge in [-0.2, -0.15) is 0 Å². The van der Waals surface area contributed by atoms with Gasteiger partial charge in [0.15, 0.2) is 6.10 Å². The number of amides is 2. The monoisotopic (exact) mass is 330 g/mol. The summed E-state index contributed by atoms with van der Waals surface area (Å²) in [7, 11) is 0. The number of halogens is 1. The van der Waals surface area contributed by atoms with E-state index in [1.807, 2.05) is 31.2 Å². The Morgan fingerprint density at radius 1 is 1.04 bits per heavy atom. The molecule has 6 heteroatoms. The molecule has 0 aliphatic heterocycles. The second-order valence-electron chi connectivity index (χ2n) is 5.41. The molecule has 0 fully saturated rings. The standard InChI is InChI=1S/C18H19FN2O3/c1-12-3-5-14(6-4-12)11-17(22)20-21-18(23)13(2)24-16-9-7-15(19)8-10-16/h3-10,13H,11H2,1-2H3,(H,20,22)(H,21,23)/t13-/m1/s1. The molecule has 0 aliphatic carbocycles. The van der Waals surface area contributed by atoms with Gasteiger partial charge < -0.3 is 4.74 Å². The maximum absolute atomic E-state index is 12.8. The highest BCUT2D eigenvalue weighted by molar-refractivity contribution is 5.85. The number of ether oxygens (including phenoxy) is 1. The van der Waals surface area contributed by atoms with Crippen LogP contribution in [0.4, 0.5) is 4.39 Å². The van der Waals surface area contributed by atoms with Gasteiger partial charge in [-0.3, -0.25) is 20.4 Å². The van der Waals surface area contributed by atoms with Crippen LogP contribution in [0.3, 0.4) is 0 Å². The van der Waals surface area contributed by atoms with E-state index < -0.39 is 12.0 Å². The van der Waals surface area contributed by atoms with Crippen molar-refractivity contribution in [2.45, 2.75) is 26.4 Å². The van der Waals surface area contributed by atoms with E-state index in [2.05, 4.69) is 10.9 Å². The van der Waals surface area contributed by atoms with Crippen LogP contribution in [0.2, 0.25) is 0 Å². The molecule has 0 bridgehead atoms. The number of hydrogen-bond acceptors (Lipinski definition) is 3. The Morgan fingerprint density at radius 3 is 2.29 bits per heavy atom. The second-order valence-corrected chi connectivity index (χ2v) is 5.41. The summed E-state index contributed by atoms with van der Waals surface area (Å²) in [5.41, 5.74) is 6.61. The van der Waals surface area contributed by atoms with Crippen LogP contribution in [-0.2, 0) is 16.0 Å². The maximum Gasteiger partial charge on any atom is 0.279 e. The van der Waals surface area contributed by atoms with Gasteiger partial charge in [-0.05, 0) is 43.7 Å². The molecule has 0 unspecified atom stereocenters. The van der Waals surface area contributed by atoms with E-state index >= 15 is 0 Å². The lowest BCUT2D eigenvalue weighted by molar-refractivity contribution is -0.132. The van der Waals surface area contributed by atoms with Crippen LogP contribution in [0, 0.1) is 12.7 Å². The van der Waals surface area contributed by atoms with Crippen molar-refractivity contribution in [3.63, 3.8) is 0 Å². The van der Waals surface area contributed by atoms with Crippen LogP contribution >= 0.6 is 0 Å². The van der Waals surface area contributed by atoms with Crippen LogP contribution in [0.1, 0.15) is 18.1 Å². The summed E-state index contributed by atoms with van der Waals surface area (Å²) in [6.07, 6.45) is -0.677. The Hall–Kier alpha value is -2.89. The summed E-state index contributed by atoms with van der Waals surface area (Å²) >= 11 is 0. The minimum atomic E-state index is -0.838. The van der Waals surface area contributed by atoms with Gasteiger partial charge in [0.05, 0.1) is 6.42 Å². The van der Waals surface area contributed by atoms with Crippen molar-refractivity contribution in [3.05, 3.63) is 65.5 Å². The van der Waals surface area contributed by atoms with Crippen molar-refractivity contribution in [1.29, 1.82) is 0 Å². The van der Waals surface area contributed by atoms with Crippen LogP contribution in [0.5, 0.6) is 5.75 Å². The predicted octanol–water partition coefficient (Wildman–Crippen LogP) is 2.29. The first-order chi connectivity index (χ1) is 11.4. The summed E-state index contributed by atoms with van der Waals surface area (Å²) in [5, 5.41) is 0. The number of aryl methyl sites for hydroxylation is 1. The molecule has 2 amide bonds. The van der Waals surface area contributed by atoms with E-state index in [4.69, 9.17) is 4.74 Å². The fourth-order valence-electron chi connectivity index (χ4n) is 1.94. The van der Waals surface area contributed by atoms with E-state index in [0.29, 0.717) is 5.75 Å². The van der Waals surface area contributed by atoms with Gasteiger partial charge >= 0.3 is 0 Å². The molecule has 5 nitrogen and oxygen atoms in total. The third-order valence-corrected chi connectivity index (χ3v) is 3.31. The van der Waals surface area contributed by atoms with E-state index in [0.717, 1.165) is 11.1 Å². The lowest BCUT2D eigenvalue weighted by Crippen LogP contribution is -2.47. The van der Waals surface area contributed by atoms with Crippen LogP contribution in [0.25, 0.3) is 0 Å². The average molecular weight is 330 g/mol. The largest absolute Gasteiger partial charge is 0.481 e. The number of hydrazine groups is 1. The molecule has 0 saturated carbocycles. The van der Waals surface area contributed by atoms with Gasteiger partial charge in [-0.15, -0.1) is 0 Å². The molecule has 0 spiro atoms. The highest BCUT2D eigenvalue weighted by atomic mass is 19.1. The van der Waals surface area contributed by atoms with Crippen LogP contribution in [0.15, 0.2) is 48.5 Å². The molecule has 2 aromatic carbocycles. The topological polar surface area (TPSA) is 67.4 Å². The Labute approximate surface area is 139 Å². The van der Waals surface area contributed by atoms with Crippen molar-refractivity contribution in [1.82, 2.24) is 10.9 Å². The molecule has 0 radical (unpaired) electrons. The Balaban J connectivity index is 1.77. The van der Waals surface area contributed by atoms with E-state index in [1.165, 1.54) is 31.2 Å². The molecule has 1 atom stereocenters. The highest BCUT2D eigenvalue weighted by Gasteiger charge is 2.15. The van der Waals surface area contributed by atoms with Gasteiger partial charge in [-0.25, -0.2) is 4.39 Å².